The Bertz CT molecular complexity index is 1060. The molecule has 1 amide bonds. The molecule has 0 bridgehead atoms. The van der Waals surface area contributed by atoms with Crippen molar-refractivity contribution in [2.45, 2.75) is 4.90 Å². The molecule has 1 aromatic heterocycles. The molecule has 0 fully saturated rings. The van der Waals surface area contributed by atoms with Gasteiger partial charge in [-0.2, -0.15) is 5.10 Å². The van der Waals surface area contributed by atoms with Gasteiger partial charge in [0.2, 0.25) is 10.0 Å². The number of carbonyl (C=O) groups is 1. The van der Waals surface area contributed by atoms with Crippen LogP contribution in [-0.2, 0) is 10.0 Å². The highest BCUT2D eigenvalue weighted by Crippen LogP contribution is 2.26. The number of halogens is 1. The minimum absolute atomic E-state index is 0.0265. The van der Waals surface area contributed by atoms with Crippen LogP contribution in [-0.4, -0.2) is 24.1 Å². The van der Waals surface area contributed by atoms with Crippen molar-refractivity contribution in [2.24, 2.45) is 11.0 Å². The molecule has 1 heterocycles. The fraction of sp³-hybridized carbons (Fsp3) is 0. The number of hydrazine groups is 1. The molecular formula is C16H14ClN5O3S. The maximum atomic E-state index is 11.9. The number of hydrogen-bond donors (Lipinski definition) is 3. The average Bonchev–Trinajstić information content (AvgIpc) is 3.06. The van der Waals surface area contributed by atoms with Gasteiger partial charge in [-0.05, 0) is 42.5 Å². The topological polar surface area (TPSA) is 133 Å². The molecule has 0 aliphatic carbocycles. The Kier molecular flexibility index (Phi) is 4.79. The summed E-state index contributed by atoms with van der Waals surface area (Å²) in [7, 11) is -3.81. The molecule has 0 unspecified atom stereocenters. The van der Waals surface area contributed by atoms with Crippen molar-refractivity contribution in [2.75, 3.05) is 0 Å². The summed E-state index contributed by atoms with van der Waals surface area (Å²) in [5, 5.41) is 9.93. The van der Waals surface area contributed by atoms with Gasteiger partial charge in [-0.3, -0.25) is 10.2 Å². The molecule has 0 saturated heterocycles. The van der Waals surface area contributed by atoms with E-state index in [1.54, 1.807) is 30.3 Å². The third-order valence-electron chi connectivity index (χ3n) is 3.62. The second-order valence-electron chi connectivity index (χ2n) is 5.35. The molecule has 26 heavy (non-hydrogen) atoms. The lowest BCUT2D eigenvalue weighted by molar-refractivity contribution is 0.0948. The first-order valence-electron chi connectivity index (χ1n) is 7.30. The Labute approximate surface area is 154 Å². The second-order valence-corrected chi connectivity index (χ2v) is 7.34. The fourth-order valence-corrected chi connectivity index (χ4v) is 3.01. The van der Waals surface area contributed by atoms with Crippen LogP contribution in [0.15, 0.2) is 59.5 Å². The van der Waals surface area contributed by atoms with Crippen LogP contribution in [0.1, 0.15) is 10.5 Å². The number of aromatic nitrogens is 2. The van der Waals surface area contributed by atoms with E-state index in [2.05, 4.69) is 5.10 Å². The van der Waals surface area contributed by atoms with Gasteiger partial charge in [-0.25, -0.2) is 24.1 Å². The van der Waals surface area contributed by atoms with E-state index in [4.69, 9.17) is 22.6 Å². The normalized spacial score (nSPS) is 11.3. The van der Waals surface area contributed by atoms with Crippen molar-refractivity contribution >= 4 is 27.5 Å². The third-order valence-corrected chi connectivity index (χ3v) is 4.80. The summed E-state index contributed by atoms with van der Waals surface area (Å²) in [6, 6.07) is 14.3. The van der Waals surface area contributed by atoms with Crippen molar-refractivity contribution in [3.05, 3.63) is 65.3 Å². The van der Waals surface area contributed by atoms with Crippen molar-refractivity contribution < 1.29 is 13.2 Å². The summed E-state index contributed by atoms with van der Waals surface area (Å²) in [6.07, 6.45) is 0. The van der Waals surface area contributed by atoms with E-state index in [0.717, 1.165) is 5.56 Å². The Morgan fingerprint density at radius 2 is 1.69 bits per heavy atom. The van der Waals surface area contributed by atoms with Gasteiger partial charge in [0.05, 0.1) is 16.3 Å². The van der Waals surface area contributed by atoms with Crippen molar-refractivity contribution in [1.82, 2.24) is 15.2 Å². The minimum Gasteiger partial charge on any atom is -0.289 e. The zero-order chi connectivity index (χ0) is 18.9. The van der Waals surface area contributed by atoms with E-state index in [1.807, 2.05) is 5.43 Å². The van der Waals surface area contributed by atoms with Gasteiger partial charge in [0, 0.05) is 10.6 Å². The number of hydrogen-bond acceptors (Lipinski definition) is 5. The van der Waals surface area contributed by atoms with Crippen molar-refractivity contribution in [3.63, 3.8) is 0 Å². The van der Waals surface area contributed by atoms with E-state index >= 15 is 0 Å². The van der Waals surface area contributed by atoms with E-state index in [0.29, 0.717) is 16.4 Å². The number of nitrogens with one attached hydrogen (secondary N) is 1. The Morgan fingerprint density at radius 1 is 1.08 bits per heavy atom. The second kappa shape index (κ2) is 6.89. The lowest BCUT2D eigenvalue weighted by Crippen LogP contribution is -2.30. The van der Waals surface area contributed by atoms with E-state index in [-0.39, 0.29) is 10.6 Å². The number of carbonyl (C=O) groups excluding carboxylic acids is 1. The molecule has 2 aromatic carbocycles. The zero-order valence-corrected chi connectivity index (χ0v) is 14.8. The number of benzene rings is 2. The number of rotatable bonds is 4. The predicted molar refractivity (Wildman–Crippen MR) is 97.0 cm³/mol. The van der Waals surface area contributed by atoms with Crippen LogP contribution in [0.3, 0.4) is 0 Å². The Morgan fingerprint density at radius 3 is 2.23 bits per heavy atom. The van der Waals surface area contributed by atoms with Gasteiger partial charge in [0.25, 0.3) is 5.91 Å². The molecular weight excluding hydrogens is 378 g/mol. The maximum Gasteiger partial charge on any atom is 0.285 e. The number of primary sulfonamides is 1. The first kappa shape index (κ1) is 18.1. The number of amides is 1. The summed E-state index contributed by atoms with van der Waals surface area (Å²) in [5.74, 6) is 4.63. The van der Waals surface area contributed by atoms with E-state index < -0.39 is 15.9 Å². The molecule has 0 spiro atoms. The number of nitrogens with two attached hydrogens (primary N) is 2. The van der Waals surface area contributed by atoms with Crippen molar-refractivity contribution in [3.8, 4) is 16.9 Å². The number of nitrogen functional groups attached to an aromatic ring is 1. The molecule has 0 aliphatic rings. The highest BCUT2D eigenvalue weighted by atomic mass is 35.5. The van der Waals surface area contributed by atoms with Crippen molar-refractivity contribution in [1.29, 1.82) is 0 Å². The lowest BCUT2D eigenvalue weighted by atomic mass is 10.1. The van der Waals surface area contributed by atoms with Crippen LogP contribution >= 0.6 is 11.6 Å². The quantitative estimate of drug-likeness (QED) is 0.351. The monoisotopic (exact) mass is 391 g/mol. The SMILES string of the molecule is NNC(=O)c1cc(-c2ccc(Cl)cc2)n(-c2ccc(S(N)(=O)=O)cc2)n1. The average molecular weight is 392 g/mol. The molecule has 3 aromatic rings. The zero-order valence-electron chi connectivity index (χ0n) is 13.3. The Balaban J connectivity index is 2.14. The molecule has 8 nitrogen and oxygen atoms in total. The summed E-state index contributed by atoms with van der Waals surface area (Å²) < 4.78 is 24.3. The van der Waals surface area contributed by atoms with E-state index in [9.17, 15) is 13.2 Å². The molecule has 0 radical (unpaired) electrons. The van der Waals surface area contributed by atoms with Gasteiger partial charge in [0.15, 0.2) is 5.69 Å². The molecule has 0 saturated carbocycles. The summed E-state index contributed by atoms with van der Waals surface area (Å²) in [6.45, 7) is 0. The highest BCUT2D eigenvalue weighted by Gasteiger charge is 2.17. The van der Waals surface area contributed by atoms with Crippen LogP contribution in [0.25, 0.3) is 16.9 Å². The van der Waals surface area contributed by atoms with Gasteiger partial charge >= 0.3 is 0 Å². The third kappa shape index (κ3) is 3.60. The van der Waals surface area contributed by atoms with Crippen LogP contribution in [0.2, 0.25) is 5.02 Å². The summed E-state index contributed by atoms with van der Waals surface area (Å²) in [5.41, 5.74) is 4.03. The smallest absolute Gasteiger partial charge is 0.285 e. The minimum atomic E-state index is -3.81. The first-order valence-corrected chi connectivity index (χ1v) is 9.22. The van der Waals surface area contributed by atoms with Gasteiger partial charge in [-0.15, -0.1) is 0 Å². The lowest BCUT2D eigenvalue weighted by Gasteiger charge is -2.08. The standard InChI is InChI=1S/C16H14ClN5O3S/c17-11-3-1-10(2-4-11)15-9-14(16(23)20-18)21-22(15)12-5-7-13(8-6-12)26(19,24)25/h1-9H,18H2,(H,20,23)(H2,19,24,25). The van der Waals surface area contributed by atoms with Crippen LogP contribution in [0.4, 0.5) is 0 Å². The summed E-state index contributed by atoms with van der Waals surface area (Å²) >= 11 is 5.92. The van der Waals surface area contributed by atoms with Crippen LogP contribution in [0.5, 0.6) is 0 Å². The molecule has 0 aliphatic heterocycles. The van der Waals surface area contributed by atoms with Crippen LogP contribution in [0, 0.1) is 0 Å². The van der Waals surface area contributed by atoms with Gasteiger partial charge < -0.3 is 0 Å². The molecule has 0 atom stereocenters. The maximum absolute atomic E-state index is 11.9. The van der Waals surface area contributed by atoms with Gasteiger partial charge in [-0.1, -0.05) is 23.7 Å². The van der Waals surface area contributed by atoms with Gasteiger partial charge in [0.1, 0.15) is 0 Å². The van der Waals surface area contributed by atoms with Crippen LogP contribution < -0.4 is 16.4 Å². The molecule has 3 rings (SSSR count). The first-order chi connectivity index (χ1) is 12.3. The highest BCUT2D eigenvalue weighted by molar-refractivity contribution is 7.89. The largest absolute Gasteiger partial charge is 0.289 e. The fourth-order valence-electron chi connectivity index (χ4n) is 2.37. The Hall–Kier alpha value is -2.72. The summed E-state index contributed by atoms with van der Waals surface area (Å²) in [4.78, 5) is 11.8. The van der Waals surface area contributed by atoms with E-state index in [1.165, 1.54) is 28.9 Å². The predicted octanol–water partition coefficient (Wildman–Crippen LogP) is 1.44. The number of sulfonamides is 1. The molecule has 10 heteroatoms. The number of nitrogens with zero attached hydrogens (tertiary/aromatic N) is 2. The molecule has 5 N–H and O–H groups in total. The molecule has 134 valence electrons.